The largest absolute Gasteiger partial charge is 0.354 e. The van der Waals surface area contributed by atoms with E-state index >= 15 is 0 Å². The van der Waals surface area contributed by atoms with E-state index in [9.17, 15) is 9.18 Å². The maximum absolute atomic E-state index is 13.7. The average molecular weight is 429 g/mol. The van der Waals surface area contributed by atoms with Crippen LogP contribution in [0.1, 0.15) is 48.7 Å². The lowest BCUT2D eigenvalue weighted by Gasteiger charge is -2.35. The molecule has 1 fully saturated rings. The third-order valence-corrected chi connectivity index (χ3v) is 5.55. The molecule has 1 amide bonds. The number of likely N-dealkylation sites (tertiary alicyclic amines) is 1. The van der Waals surface area contributed by atoms with Gasteiger partial charge in [-0.05, 0) is 62.9 Å². The molecule has 0 bridgehead atoms. The van der Waals surface area contributed by atoms with Gasteiger partial charge in [0.2, 0.25) is 0 Å². The number of aryl methyl sites for hydroxylation is 1. The van der Waals surface area contributed by atoms with Crippen molar-refractivity contribution in [1.29, 1.82) is 0 Å². The molecule has 1 atom stereocenters. The summed E-state index contributed by atoms with van der Waals surface area (Å²) in [7, 11) is 0. The fourth-order valence-electron chi connectivity index (χ4n) is 4.03. The summed E-state index contributed by atoms with van der Waals surface area (Å²) in [4.78, 5) is 24.4. The quantitative estimate of drug-likeness (QED) is 0.583. The SMILES string of the molecule is CCC1CCCCN1C(=O)c1cnc2nc(C)ccc2c1Nc1cccc(F)c1.Cl. The van der Waals surface area contributed by atoms with Crippen LogP contribution in [0.4, 0.5) is 15.8 Å². The minimum absolute atomic E-state index is 0. The van der Waals surface area contributed by atoms with Crippen LogP contribution in [-0.2, 0) is 0 Å². The van der Waals surface area contributed by atoms with Crippen molar-refractivity contribution in [2.45, 2.75) is 45.6 Å². The van der Waals surface area contributed by atoms with Crippen molar-refractivity contribution in [3.05, 3.63) is 59.7 Å². The monoisotopic (exact) mass is 428 g/mol. The molecule has 1 unspecified atom stereocenters. The van der Waals surface area contributed by atoms with Gasteiger partial charge in [-0.1, -0.05) is 13.0 Å². The smallest absolute Gasteiger partial charge is 0.257 e. The van der Waals surface area contributed by atoms with E-state index in [-0.39, 0.29) is 30.2 Å². The molecule has 30 heavy (non-hydrogen) atoms. The molecule has 4 rings (SSSR count). The van der Waals surface area contributed by atoms with Gasteiger partial charge in [0.15, 0.2) is 5.65 Å². The lowest BCUT2D eigenvalue weighted by atomic mass is 9.98. The van der Waals surface area contributed by atoms with E-state index in [1.165, 1.54) is 12.1 Å². The van der Waals surface area contributed by atoms with Gasteiger partial charge in [-0.15, -0.1) is 12.4 Å². The molecule has 1 saturated heterocycles. The minimum atomic E-state index is -0.336. The maximum Gasteiger partial charge on any atom is 0.257 e. The van der Waals surface area contributed by atoms with Crippen molar-refractivity contribution in [3.8, 4) is 0 Å². The van der Waals surface area contributed by atoms with Crippen molar-refractivity contribution < 1.29 is 9.18 Å². The molecule has 2 aromatic heterocycles. The molecule has 1 aliphatic rings. The molecular formula is C23H26ClFN4O. The molecule has 1 N–H and O–H groups in total. The van der Waals surface area contributed by atoms with E-state index in [0.717, 1.165) is 43.3 Å². The first-order valence-corrected chi connectivity index (χ1v) is 10.2. The number of pyridine rings is 2. The molecule has 0 saturated carbocycles. The molecule has 3 aromatic rings. The molecule has 0 radical (unpaired) electrons. The van der Waals surface area contributed by atoms with E-state index in [2.05, 4.69) is 22.2 Å². The summed E-state index contributed by atoms with van der Waals surface area (Å²) in [6.45, 7) is 4.77. The number of hydrogen-bond donors (Lipinski definition) is 1. The number of nitrogens with zero attached hydrogens (tertiary/aromatic N) is 3. The second-order valence-electron chi connectivity index (χ2n) is 7.56. The maximum atomic E-state index is 13.7. The third kappa shape index (κ3) is 4.38. The Bertz CT molecular complexity index is 1060. The van der Waals surface area contributed by atoms with Crippen molar-refractivity contribution >= 4 is 40.7 Å². The van der Waals surface area contributed by atoms with Crippen LogP contribution in [-0.4, -0.2) is 33.4 Å². The summed E-state index contributed by atoms with van der Waals surface area (Å²) in [5.74, 6) is -0.372. The number of halogens is 2. The first-order chi connectivity index (χ1) is 14.1. The van der Waals surface area contributed by atoms with Crippen LogP contribution in [0, 0.1) is 12.7 Å². The Morgan fingerprint density at radius 3 is 2.87 bits per heavy atom. The van der Waals surface area contributed by atoms with Gasteiger partial charge in [0, 0.05) is 35.6 Å². The number of amides is 1. The van der Waals surface area contributed by atoms with Crippen molar-refractivity contribution in [1.82, 2.24) is 14.9 Å². The summed E-state index contributed by atoms with van der Waals surface area (Å²) in [6.07, 6.45) is 5.71. The minimum Gasteiger partial charge on any atom is -0.354 e. The highest BCUT2D eigenvalue weighted by atomic mass is 35.5. The van der Waals surface area contributed by atoms with E-state index in [1.54, 1.807) is 18.3 Å². The van der Waals surface area contributed by atoms with Gasteiger partial charge in [-0.2, -0.15) is 0 Å². The Hall–Kier alpha value is -2.73. The number of anilines is 2. The summed E-state index contributed by atoms with van der Waals surface area (Å²) in [5.41, 5.74) is 3.11. The molecule has 1 aliphatic heterocycles. The van der Waals surface area contributed by atoms with Crippen LogP contribution in [0.25, 0.3) is 11.0 Å². The zero-order valence-corrected chi connectivity index (χ0v) is 18.0. The highest BCUT2D eigenvalue weighted by molar-refractivity contribution is 6.07. The van der Waals surface area contributed by atoms with E-state index in [1.807, 2.05) is 24.0 Å². The molecular weight excluding hydrogens is 403 g/mol. The third-order valence-electron chi connectivity index (χ3n) is 5.55. The molecule has 5 nitrogen and oxygen atoms in total. The second-order valence-corrected chi connectivity index (χ2v) is 7.56. The predicted octanol–water partition coefficient (Wildman–Crippen LogP) is 5.65. The van der Waals surface area contributed by atoms with Gasteiger partial charge in [-0.25, -0.2) is 14.4 Å². The highest BCUT2D eigenvalue weighted by Gasteiger charge is 2.28. The number of carbonyl (C=O) groups is 1. The zero-order chi connectivity index (χ0) is 20.4. The van der Waals surface area contributed by atoms with Crippen molar-refractivity contribution in [2.24, 2.45) is 0 Å². The summed E-state index contributed by atoms with van der Waals surface area (Å²) in [6, 6.07) is 10.3. The van der Waals surface area contributed by atoms with Gasteiger partial charge in [-0.3, -0.25) is 4.79 Å². The van der Waals surface area contributed by atoms with Gasteiger partial charge in [0.25, 0.3) is 5.91 Å². The first-order valence-electron chi connectivity index (χ1n) is 10.2. The van der Waals surface area contributed by atoms with E-state index in [0.29, 0.717) is 22.6 Å². The number of carbonyl (C=O) groups excluding carboxylic acids is 1. The Labute approximate surface area is 182 Å². The Morgan fingerprint density at radius 1 is 1.27 bits per heavy atom. The molecule has 3 heterocycles. The number of fused-ring (bicyclic) bond motifs is 1. The second kappa shape index (κ2) is 9.39. The number of nitrogens with one attached hydrogen (secondary N) is 1. The Morgan fingerprint density at radius 2 is 2.10 bits per heavy atom. The Balaban J connectivity index is 0.00000256. The van der Waals surface area contributed by atoms with Crippen LogP contribution in [0.3, 0.4) is 0 Å². The van der Waals surface area contributed by atoms with Crippen LogP contribution in [0.5, 0.6) is 0 Å². The summed E-state index contributed by atoms with van der Waals surface area (Å²) in [5, 5.41) is 4.01. The normalized spacial score (nSPS) is 16.2. The number of rotatable bonds is 4. The molecule has 0 aliphatic carbocycles. The fourth-order valence-corrected chi connectivity index (χ4v) is 4.03. The summed E-state index contributed by atoms with van der Waals surface area (Å²) >= 11 is 0. The van der Waals surface area contributed by atoms with E-state index in [4.69, 9.17) is 0 Å². The van der Waals surface area contributed by atoms with Gasteiger partial charge in [0.1, 0.15) is 5.82 Å². The number of aromatic nitrogens is 2. The van der Waals surface area contributed by atoms with Crippen LogP contribution >= 0.6 is 12.4 Å². The van der Waals surface area contributed by atoms with E-state index < -0.39 is 0 Å². The molecule has 158 valence electrons. The first kappa shape index (κ1) is 22.0. The fraction of sp³-hybridized carbons (Fsp3) is 0.348. The predicted molar refractivity (Wildman–Crippen MR) is 120 cm³/mol. The topological polar surface area (TPSA) is 58.1 Å². The lowest BCUT2D eigenvalue weighted by Crippen LogP contribution is -2.43. The van der Waals surface area contributed by atoms with Crippen molar-refractivity contribution in [2.75, 3.05) is 11.9 Å². The standard InChI is InChI=1S/C23H25FN4O.ClH/c1-3-18-9-4-5-12-28(18)23(29)20-14-25-22-19(11-10-15(2)26-22)21(20)27-17-8-6-7-16(24)13-17;/h6-8,10-11,13-14,18H,3-5,9,12H2,1-2H3,(H,25,26,27);1H. The van der Waals surface area contributed by atoms with Crippen LogP contribution in [0.15, 0.2) is 42.6 Å². The molecule has 7 heteroatoms. The van der Waals surface area contributed by atoms with Crippen LogP contribution in [0.2, 0.25) is 0 Å². The Kier molecular flexibility index (Phi) is 6.87. The number of piperidine rings is 1. The van der Waals surface area contributed by atoms with Crippen molar-refractivity contribution in [3.63, 3.8) is 0 Å². The van der Waals surface area contributed by atoms with Crippen LogP contribution < -0.4 is 5.32 Å². The molecule has 0 spiro atoms. The lowest BCUT2D eigenvalue weighted by molar-refractivity contribution is 0.0609. The van der Waals surface area contributed by atoms with Gasteiger partial charge >= 0.3 is 0 Å². The van der Waals surface area contributed by atoms with Gasteiger partial charge < -0.3 is 10.2 Å². The molecule has 1 aromatic carbocycles. The number of benzene rings is 1. The highest BCUT2D eigenvalue weighted by Crippen LogP contribution is 2.31. The van der Waals surface area contributed by atoms with Gasteiger partial charge in [0.05, 0.1) is 11.3 Å². The average Bonchev–Trinajstić information content (AvgIpc) is 2.73. The number of hydrogen-bond acceptors (Lipinski definition) is 4. The summed E-state index contributed by atoms with van der Waals surface area (Å²) < 4.78 is 13.7. The zero-order valence-electron chi connectivity index (χ0n) is 17.2.